The Morgan fingerprint density at radius 2 is 1.20 bits per heavy atom. The fraction of sp³-hybridized carbons (Fsp3) is 0. The first-order valence-corrected chi connectivity index (χ1v) is 2.40. The van der Waals surface area contributed by atoms with Gasteiger partial charge in [0, 0.05) is 0 Å². The van der Waals surface area contributed by atoms with Gasteiger partial charge in [0.1, 0.15) is 0 Å². The molecule has 0 aliphatic heterocycles. The van der Waals surface area contributed by atoms with E-state index in [2.05, 4.69) is 0 Å². The van der Waals surface area contributed by atoms with E-state index < -0.39 is 0 Å². The Morgan fingerprint density at radius 3 is 1.40 bits per heavy atom. The number of nitrogens with two attached hydrogens (primary N) is 2. The Morgan fingerprint density at radius 1 is 0.900 bits per heavy atom. The summed E-state index contributed by atoms with van der Waals surface area (Å²) in [5.74, 6) is 0. The number of hydrogen-bond donors (Lipinski definition) is 3. The largest absolute Gasteiger partial charge is 0.397 e. The van der Waals surface area contributed by atoms with Crippen LogP contribution in [0.5, 0.6) is 0 Å². The summed E-state index contributed by atoms with van der Waals surface area (Å²) < 4.78 is 0. The standard InChI is InChI=1S/C6H8N2.BH3.H3N/c7-5-3-1-2-4-6(5)8;;/h1-4H,7-8H2;2*1H3. The van der Waals surface area contributed by atoms with E-state index in [9.17, 15) is 0 Å². The molecule has 0 unspecified atom stereocenters. The van der Waals surface area contributed by atoms with E-state index in [0.717, 1.165) is 0 Å². The lowest BCUT2D eigenvalue weighted by atomic mass is 10.3. The zero-order chi connectivity index (χ0) is 5.98. The van der Waals surface area contributed by atoms with Gasteiger partial charge in [0.2, 0.25) is 0 Å². The van der Waals surface area contributed by atoms with E-state index in [1.807, 2.05) is 12.1 Å². The van der Waals surface area contributed by atoms with Crippen molar-refractivity contribution in [2.24, 2.45) is 0 Å². The highest BCUT2D eigenvalue weighted by Crippen LogP contribution is 2.10. The van der Waals surface area contributed by atoms with E-state index in [0.29, 0.717) is 11.4 Å². The lowest BCUT2D eigenvalue weighted by Crippen LogP contribution is -1.91. The minimum absolute atomic E-state index is 0. The Labute approximate surface area is 62.6 Å². The van der Waals surface area contributed by atoms with E-state index in [-0.39, 0.29) is 14.6 Å². The fourth-order valence-electron chi connectivity index (χ4n) is 0.511. The molecular weight excluding hydrogens is 125 g/mol. The number of rotatable bonds is 0. The maximum Gasteiger partial charge on any atom is 0.0814 e. The predicted molar refractivity (Wildman–Crippen MR) is 50.2 cm³/mol. The molecule has 7 N–H and O–H groups in total. The van der Waals surface area contributed by atoms with Crippen molar-refractivity contribution in [2.75, 3.05) is 11.5 Å². The molecule has 4 heteroatoms. The van der Waals surface area contributed by atoms with Crippen LogP contribution in [0.2, 0.25) is 0 Å². The van der Waals surface area contributed by atoms with Crippen LogP contribution >= 0.6 is 0 Å². The second-order valence-electron chi connectivity index (χ2n) is 1.63. The molecule has 1 aromatic carbocycles. The van der Waals surface area contributed by atoms with Crippen molar-refractivity contribution in [3.05, 3.63) is 24.3 Å². The Bertz CT molecular complexity index is 169. The lowest BCUT2D eigenvalue weighted by Gasteiger charge is -1.94. The van der Waals surface area contributed by atoms with Crippen LogP contribution in [0.1, 0.15) is 0 Å². The molecule has 10 heavy (non-hydrogen) atoms. The Balaban J connectivity index is 0. The van der Waals surface area contributed by atoms with Gasteiger partial charge >= 0.3 is 0 Å². The molecule has 0 amide bonds. The number of hydrogen-bond acceptors (Lipinski definition) is 3. The third kappa shape index (κ3) is 2.41. The summed E-state index contributed by atoms with van der Waals surface area (Å²) in [6.45, 7) is 0. The highest BCUT2D eigenvalue weighted by atomic mass is 14.7. The van der Waals surface area contributed by atoms with E-state index >= 15 is 0 Å². The minimum Gasteiger partial charge on any atom is -0.397 e. The summed E-state index contributed by atoms with van der Waals surface area (Å²) >= 11 is 0. The summed E-state index contributed by atoms with van der Waals surface area (Å²) in [4.78, 5) is 0. The highest BCUT2D eigenvalue weighted by molar-refractivity contribution is 5.75. The first-order valence-electron chi connectivity index (χ1n) is 2.40. The molecule has 56 valence electrons. The topological polar surface area (TPSA) is 87.0 Å². The first kappa shape index (κ1) is 11.6. The van der Waals surface area contributed by atoms with Crippen LogP contribution in [0, 0.1) is 0 Å². The number of anilines is 2. The van der Waals surface area contributed by atoms with Crippen molar-refractivity contribution in [2.45, 2.75) is 0 Å². The molecule has 0 spiro atoms. The predicted octanol–water partition coefficient (Wildman–Crippen LogP) is -0.171. The van der Waals surface area contributed by atoms with Gasteiger partial charge in [-0.3, -0.25) is 0 Å². The molecule has 0 aliphatic rings. The van der Waals surface area contributed by atoms with Gasteiger partial charge in [-0.1, -0.05) is 12.1 Å². The highest BCUT2D eigenvalue weighted by Gasteiger charge is 1.85. The SMILES string of the molecule is B.N.Nc1ccccc1N. The van der Waals surface area contributed by atoms with Gasteiger partial charge in [0.25, 0.3) is 0 Å². The third-order valence-corrected chi connectivity index (χ3v) is 0.996. The van der Waals surface area contributed by atoms with E-state index in [1.165, 1.54) is 0 Å². The van der Waals surface area contributed by atoms with Crippen molar-refractivity contribution in [3.63, 3.8) is 0 Å². The lowest BCUT2D eigenvalue weighted by molar-refractivity contribution is 1.67. The number of benzene rings is 1. The van der Waals surface area contributed by atoms with Crippen LogP contribution in [0.3, 0.4) is 0 Å². The van der Waals surface area contributed by atoms with Crippen LogP contribution < -0.4 is 17.6 Å². The zero-order valence-corrected chi connectivity index (χ0v) is 5.17. The first-order chi connectivity index (χ1) is 3.80. The van der Waals surface area contributed by atoms with Crippen molar-refractivity contribution in [3.8, 4) is 0 Å². The molecule has 0 heterocycles. The monoisotopic (exact) mass is 139 g/mol. The van der Waals surface area contributed by atoms with E-state index in [1.54, 1.807) is 12.1 Å². The third-order valence-electron chi connectivity index (χ3n) is 0.996. The molecule has 0 radical (unpaired) electrons. The summed E-state index contributed by atoms with van der Waals surface area (Å²) in [6.07, 6.45) is 0. The van der Waals surface area contributed by atoms with Gasteiger partial charge in [-0.15, -0.1) is 0 Å². The number of nitrogen functional groups attached to an aromatic ring is 2. The average molecular weight is 139 g/mol. The van der Waals surface area contributed by atoms with Crippen molar-refractivity contribution in [1.82, 2.24) is 6.15 Å². The van der Waals surface area contributed by atoms with Crippen LogP contribution in [-0.4, -0.2) is 8.41 Å². The fourth-order valence-corrected chi connectivity index (χ4v) is 0.511. The van der Waals surface area contributed by atoms with Crippen LogP contribution in [0.4, 0.5) is 11.4 Å². The molecule has 0 aromatic heterocycles. The van der Waals surface area contributed by atoms with Gasteiger partial charge in [-0.05, 0) is 12.1 Å². The molecule has 0 fully saturated rings. The smallest absolute Gasteiger partial charge is 0.0814 e. The van der Waals surface area contributed by atoms with Crippen molar-refractivity contribution < 1.29 is 0 Å². The average Bonchev–Trinajstić information content (AvgIpc) is 1.77. The van der Waals surface area contributed by atoms with Crippen LogP contribution in [0.25, 0.3) is 0 Å². The maximum absolute atomic E-state index is 5.39. The Hall–Kier alpha value is -1.16. The molecule has 3 nitrogen and oxygen atoms in total. The molecule has 1 rings (SSSR count). The molecule has 0 atom stereocenters. The van der Waals surface area contributed by atoms with Gasteiger partial charge in [-0.2, -0.15) is 0 Å². The normalized spacial score (nSPS) is 7.20. The van der Waals surface area contributed by atoms with Crippen molar-refractivity contribution in [1.29, 1.82) is 0 Å². The van der Waals surface area contributed by atoms with Gasteiger partial charge in [0.15, 0.2) is 0 Å². The zero-order valence-electron chi connectivity index (χ0n) is 5.17. The van der Waals surface area contributed by atoms with Crippen LogP contribution in [-0.2, 0) is 0 Å². The quantitative estimate of drug-likeness (QED) is 0.344. The minimum atomic E-state index is 0. The van der Waals surface area contributed by atoms with Gasteiger partial charge in [-0.25, -0.2) is 0 Å². The molecule has 0 aliphatic carbocycles. The second kappa shape index (κ2) is 4.70. The molecular formula is C6H14BN3. The van der Waals surface area contributed by atoms with Gasteiger partial charge < -0.3 is 17.6 Å². The maximum atomic E-state index is 5.39. The second-order valence-corrected chi connectivity index (χ2v) is 1.63. The summed E-state index contributed by atoms with van der Waals surface area (Å²) in [6, 6.07) is 7.25. The van der Waals surface area contributed by atoms with E-state index in [4.69, 9.17) is 11.5 Å². The summed E-state index contributed by atoms with van der Waals surface area (Å²) in [5.41, 5.74) is 12.1. The molecule has 0 saturated carbocycles. The molecule has 1 aromatic rings. The Kier molecular flexibility index (Phi) is 5.46. The summed E-state index contributed by atoms with van der Waals surface area (Å²) in [7, 11) is 0. The summed E-state index contributed by atoms with van der Waals surface area (Å²) in [5, 5.41) is 0. The van der Waals surface area contributed by atoms with Crippen molar-refractivity contribution >= 4 is 19.8 Å². The number of para-hydroxylation sites is 2. The van der Waals surface area contributed by atoms with Gasteiger partial charge in [0.05, 0.1) is 19.8 Å². The van der Waals surface area contributed by atoms with Crippen LogP contribution in [0.15, 0.2) is 24.3 Å². The molecule has 0 saturated heterocycles. The molecule has 0 bridgehead atoms.